The molecule has 2 atom stereocenters. The van der Waals surface area contributed by atoms with Crippen LogP contribution in [0.15, 0.2) is 23.2 Å². The second-order valence-corrected chi connectivity index (χ2v) is 9.95. The maximum Gasteiger partial charge on any atom is 0.191 e. The summed E-state index contributed by atoms with van der Waals surface area (Å²) in [5.41, 5.74) is 1.14. The van der Waals surface area contributed by atoms with Gasteiger partial charge in [0.1, 0.15) is 5.82 Å². The largest absolute Gasteiger partial charge is 0.373 e. The van der Waals surface area contributed by atoms with E-state index in [4.69, 9.17) is 4.74 Å². The lowest BCUT2D eigenvalue weighted by atomic mass is 10.1. The highest BCUT2D eigenvalue weighted by molar-refractivity contribution is 7.89. The van der Waals surface area contributed by atoms with Gasteiger partial charge in [0.05, 0.1) is 25.0 Å². The molecule has 7 nitrogen and oxygen atoms in total. The van der Waals surface area contributed by atoms with Crippen molar-refractivity contribution < 1.29 is 17.5 Å². The Kier molecular flexibility index (Phi) is 7.48. The first-order valence-electron chi connectivity index (χ1n) is 10.2. The molecule has 29 heavy (non-hydrogen) atoms. The minimum absolute atomic E-state index is 0.100. The molecule has 162 valence electrons. The summed E-state index contributed by atoms with van der Waals surface area (Å²) >= 11 is 0. The Hall–Kier alpha value is -1.71. The molecule has 2 aliphatic heterocycles. The molecule has 0 bridgehead atoms. The first-order valence-corrected chi connectivity index (χ1v) is 12.2. The van der Waals surface area contributed by atoms with Crippen LogP contribution in [0.25, 0.3) is 0 Å². The van der Waals surface area contributed by atoms with Crippen molar-refractivity contribution >= 4 is 15.8 Å². The summed E-state index contributed by atoms with van der Waals surface area (Å²) in [5.74, 6) is 0.0741. The van der Waals surface area contributed by atoms with E-state index < -0.39 is 15.7 Å². The zero-order chi connectivity index (χ0) is 20.9. The Bertz CT molecular complexity index is 831. The van der Waals surface area contributed by atoms with Crippen LogP contribution in [0.2, 0.25) is 0 Å². The van der Waals surface area contributed by atoms with E-state index in [1.807, 2.05) is 6.92 Å². The van der Waals surface area contributed by atoms with Crippen molar-refractivity contribution in [1.29, 1.82) is 0 Å². The minimum Gasteiger partial charge on any atom is -0.373 e. The fraction of sp³-hybridized carbons (Fsp3) is 0.650. The quantitative estimate of drug-likeness (QED) is 0.505. The fourth-order valence-corrected chi connectivity index (χ4v) is 4.74. The topological polar surface area (TPSA) is 83.0 Å². The molecule has 2 saturated heterocycles. The summed E-state index contributed by atoms with van der Waals surface area (Å²) in [5, 5.41) is 6.48. The number of ether oxygens (including phenoxy) is 1. The zero-order valence-electron chi connectivity index (χ0n) is 17.2. The summed E-state index contributed by atoms with van der Waals surface area (Å²) in [6.07, 6.45) is 3.72. The number of hydrogen-bond donors (Lipinski definition) is 2. The highest BCUT2D eigenvalue weighted by Gasteiger charge is 2.32. The third kappa shape index (κ3) is 6.65. The minimum atomic E-state index is -3.22. The van der Waals surface area contributed by atoms with Crippen molar-refractivity contribution in [2.24, 2.45) is 4.99 Å². The average Bonchev–Trinajstić information content (AvgIpc) is 3.12. The molecule has 1 aromatic carbocycles. The summed E-state index contributed by atoms with van der Waals surface area (Å²) in [7, 11) is -3.22. The number of halogens is 1. The van der Waals surface area contributed by atoms with E-state index in [0.717, 1.165) is 19.7 Å². The van der Waals surface area contributed by atoms with E-state index in [2.05, 4.69) is 20.5 Å². The number of guanidine groups is 1. The molecule has 0 aromatic heterocycles. The SMILES string of the molecule is CCNC(=NCc1cc(F)ccc1CS(C)(=O)=O)NCC1CN2CCCC2CO1. The van der Waals surface area contributed by atoms with Gasteiger partial charge in [-0.05, 0) is 49.6 Å². The van der Waals surface area contributed by atoms with Gasteiger partial charge >= 0.3 is 0 Å². The molecule has 2 unspecified atom stereocenters. The lowest BCUT2D eigenvalue weighted by Gasteiger charge is -2.35. The maximum absolute atomic E-state index is 13.7. The normalized spacial score (nSPS) is 23.1. The molecule has 9 heteroatoms. The number of aliphatic imine (C=N–C) groups is 1. The predicted molar refractivity (Wildman–Crippen MR) is 112 cm³/mol. The number of nitrogens with one attached hydrogen (secondary N) is 2. The van der Waals surface area contributed by atoms with Crippen molar-refractivity contribution in [2.75, 3.05) is 39.0 Å². The molecule has 1 aromatic rings. The van der Waals surface area contributed by atoms with Crippen molar-refractivity contribution in [3.05, 3.63) is 35.1 Å². The number of hydrogen-bond acceptors (Lipinski definition) is 5. The van der Waals surface area contributed by atoms with Crippen LogP contribution in [0.1, 0.15) is 30.9 Å². The van der Waals surface area contributed by atoms with Gasteiger partial charge in [0.15, 0.2) is 15.8 Å². The van der Waals surface area contributed by atoms with E-state index in [9.17, 15) is 12.8 Å². The second kappa shape index (κ2) is 9.86. The molecule has 2 N–H and O–H groups in total. The number of rotatable bonds is 7. The molecule has 0 aliphatic carbocycles. The lowest BCUT2D eigenvalue weighted by Crippen LogP contribution is -2.51. The smallest absolute Gasteiger partial charge is 0.191 e. The van der Waals surface area contributed by atoms with Crippen molar-refractivity contribution in [3.63, 3.8) is 0 Å². The van der Waals surface area contributed by atoms with Gasteiger partial charge in [-0.25, -0.2) is 17.8 Å². The molecule has 2 heterocycles. The number of morpholine rings is 1. The first kappa shape index (κ1) is 22.0. The summed E-state index contributed by atoms with van der Waals surface area (Å²) in [4.78, 5) is 7.02. The summed E-state index contributed by atoms with van der Waals surface area (Å²) in [6, 6.07) is 4.72. The van der Waals surface area contributed by atoms with E-state index in [1.165, 1.54) is 37.3 Å². The monoisotopic (exact) mass is 426 g/mol. The van der Waals surface area contributed by atoms with Gasteiger partial charge in [-0.3, -0.25) is 4.90 Å². The standard InChI is InChI=1S/C20H31FN4O3S/c1-3-22-20(24-11-19-12-25-8-4-5-18(25)13-28-19)23-10-16-9-17(21)7-6-15(16)14-29(2,26)27/h6-7,9,18-19H,3-5,8,10-14H2,1-2H3,(H2,22,23,24). The van der Waals surface area contributed by atoms with Crippen LogP contribution in [-0.4, -0.2) is 70.5 Å². The molecule has 2 aliphatic rings. The van der Waals surface area contributed by atoms with Crippen molar-refractivity contribution in [1.82, 2.24) is 15.5 Å². The van der Waals surface area contributed by atoms with Gasteiger partial charge in [-0.1, -0.05) is 6.07 Å². The molecule has 0 amide bonds. The van der Waals surface area contributed by atoms with Gasteiger partial charge in [0.25, 0.3) is 0 Å². The van der Waals surface area contributed by atoms with E-state index in [1.54, 1.807) is 0 Å². The molecule has 2 fully saturated rings. The number of fused-ring (bicyclic) bond motifs is 1. The first-order chi connectivity index (χ1) is 13.8. The van der Waals surface area contributed by atoms with Crippen molar-refractivity contribution in [3.8, 4) is 0 Å². The predicted octanol–water partition coefficient (Wildman–Crippen LogP) is 1.29. The van der Waals surface area contributed by atoms with Gasteiger partial charge in [0, 0.05) is 31.9 Å². The van der Waals surface area contributed by atoms with E-state index >= 15 is 0 Å². The molecular formula is C20H31FN4O3S. The second-order valence-electron chi connectivity index (χ2n) is 7.81. The Balaban J connectivity index is 1.62. The zero-order valence-corrected chi connectivity index (χ0v) is 18.0. The molecule has 0 saturated carbocycles. The van der Waals surface area contributed by atoms with Gasteiger partial charge in [0.2, 0.25) is 0 Å². The van der Waals surface area contributed by atoms with Gasteiger partial charge in [-0.2, -0.15) is 0 Å². The fourth-order valence-electron chi connectivity index (χ4n) is 3.89. The maximum atomic E-state index is 13.7. The Morgan fingerprint density at radius 1 is 1.34 bits per heavy atom. The third-order valence-corrected chi connectivity index (χ3v) is 6.13. The summed E-state index contributed by atoms with van der Waals surface area (Å²) in [6.45, 7) is 6.32. The highest BCUT2D eigenvalue weighted by atomic mass is 32.2. The number of nitrogens with zero attached hydrogens (tertiary/aromatic N) is 2. The average molecular weight is 427 g/mol. The van der Waals surface area contributed by atoms with Crippen LogP contribution in [0.4, 0.5) is 4.39 Å². The van der Waals surface area contributed by atoms with Crippen LogP contribution in [0.5, 0.6) is 0 Å². The van der Waals surface area contributed by atoms with E-state index in [-0.39, 0.29) is 18.4 Å². The molecule has 0 radical (unpaired) electrons. The Labute approximate surface area is 172 Å². The Morgan fingerprint density at radius 3 is 2.93 bits per heavy atom. The molecule has 0 spiro atoms. The van der Waals surface area contributed by atoms with Gasteiger partial charge in [-0.15, -0.1) is 0 Å². The Morgan fingerprint density at radius 2 is 2.17 bits per heavy atom. The lowest BCUT2D eigenvalue weighted by molar-refractivity contribution is -0.0453. The number of sulfone groups is 1. The van der Waals surface area contributed by atoms with Crippen LogP contribution in [0, 0.1) is 5.82 Å². The van der Waals surface area contributed by atoms with Gasteiger partial charge < -0.3 is 15.4 Å². The highest BCUT2D eigenvalue weighted by Crippen LogP contribution is 2.22. The number of benzene rings is 1. The van der Waals surface area contributed by atoms with E-state index in [0.29, 0.717) is 36.2 Å². The molecule has 3 rings (SSSR count). The van der Waals surface area contributed by atoms with Crippen LogP contribution >= 0.6 is 0 Å². The van der Waals surface area contributed by atoms with Crippen LogP contribution in [-0.2, 0) is 26.9 Å². The van der Waals surface area contributed by atoms with Crippen LogP contribution in [0.3, 0.4) is 0 Å². The summed E-state index contributed by atoms with van der Waals surface area (Å²) < 4.78 is 43.0. The van der Waals surface area contributed by atoms with Crippen LogP contribution < -0.4 is 10.6 Å². The van der Waals surface area contributed by atoms with Crippen molar-refractivity contribution in [2.45, 2.75) is 44.2 Å². The molecular weight excluding hydrogens is 395 g/mol. The third-order valence-electron chi connectivity index (χ3n) is 5.30.